The van der Waals surface area contributed by atoms with E-state index in [1.165, 1.54) is 12.1 Å². The summed E-state index contributed by atoms with van der Waals surface area (Å²) in [7, 11) is 0. The second-order valence-corrected chi connectivity index (χ2v) is 5.45. The number of aryl methyl sites for hydroxylation is 1. The smallest absolute Gasteiger partial charge is 0.232 e. The maximum Gasteiger partial charge on any atom is 0.232 e. The van der Waals surface area contributed by atoms with Crippen molar-refractivity contribution in [1.29, 1.82) is 0 Å². The Hall–Kier alpha value is -2.28. The molecular weight excluding hydrogens is 293 g/mol. The van der Waals surface area contributed by atoms with Crippen molar-refractivity contribution in [2.24, 2.45) is 0 Å². The van der Waals surface area contributed by atoms with Gasteiger partial charge in [-0.2, -0.15) is 4.98 Å². The Morgan fingerprint density at radius 3 is 3.00 bits per heavy atom. The summed E-state index contributed by atoms with van der Waals surface area (Å²) in [6.45, 7) is 2.07. The van der Waals surface area contributed by atoms with Crippen molar-refractivity contribution in [2.45, 2.75) is 20.0 Å². The van der Waals surface area contributed by atoms with Gasteiger partial charge in [-0.15, -0.1) is 11.3 Å². The second kappa shape index (κ2) is 6.01. The molecule has 0 amide bonds. The zero-order chi connectivity index (χ0) is 14.7. The summed E-state index contributed by atoms with van der Waals surface area (Å²) in [6.07, 6.45) is 0.497. The number of benzene rings is 1. The molecule has 0 atom stereocenters. The van der Waals surface area contributed by atoms with E-state index in [1.54, 1.807) is 23.5 Å². The molecular formula is C14H12FN3O2S. The molecule has 1 aromatic carbocycles. The number of halogens is 1. The van der Waals surface area contributed by atoms with E-state index in [0.29, 0.717) is 23.9 Å². The molecule has 0 radical (unpaired) electrons. The number of nitrogens with zero attached hydrogens (tertiary/aromatic N) is 3. The van der Waals surface area contributed by atoms with Gasteiger partial charge in [0.25, 0.3) is 0 Å². The average molecular weight is 305 g/mol. The van der Waals surface area contributed by atoms with Crippen LogP contribution in [0.25, 0.3) is 0 Å². The predicted molar refractivity (Wildman–Crippen MR) is 74.7 cm³/mol. The van der Waals surface area contributed by atoms with Gasteiger partial charge in [-0.25, -0.2) is 9.37 Å². The van der Waals surface area contributed by atoms with Crippen LogP contribution >= 0.6 is 11.3 Å². The average Bonchev–Trinajstić information content (AvgIpc) is 3.06. The number of aromatic nitrogens is 3. The number of hydrogen-bond donors (Lipinski definition) is 0. The third-order valence-electron chi connectivity index (χ3n) is 2.67. The summed E-state index contributed by atoms with van der Waals surface area (Å²) >= 11 is 1.58. The lowest BCUT2D eigenvalue weighted by Crippen LogP contribution is -1.98. The maximum atomic E-state index is 13.0. The van der Waals surface area contributed by atoms with Crippen LogP contribution in [0.5, 0.6) is 5.75 Å². The molecule has 0 unspecified atom stereocenters. The van der Waals surface area contributed by atoms with Gasteiger partial charge in [0, 0.05) is 11.4 Å². The molecule has 2 aromatic heterocycles. The summed E-state index contributed by atoms with van der Waals surface area (Å²) in [6, 6.07) is 5.91. The standard InChI is InChI=1S/C14H12FN3O2S/c1-9-16-11(8-21-9)6-14-17-13(18-20-14)7-19-12-4-2-3-10(15)5-12/h2-5,8H,6-7H2,1H3. The molecule has 2 heterocycles. The van der Waals surface area contributed by atoms with Crippen LogP contribution in [0.4, 0.5) is 4.39 Å². The maximum absolute atomic E-state index is 13.0. The van der Waals surface area contributed by atoms with Crippen molar-refractivity contribution in [3.63, 3.8) is 0 Å². The lowest BCUT2D eigenvalue weighted by atomic mass is 10.3. The van der Waals surface area contributed by atoms with Gasteiger partial charge in [-0.3, -0.25) is 0 Å². The van der Waals surface area contributed by atoms with E-state index in [9.17, 15) is 4.39 Å². The molecule has 0 aliphatic carbocycles. The molecule has 0 aliphatic rings. The molecule has 0 aliphatic heterocycles. The number of hydrogen-bond acceptors (Lipinski definition) is 6. The molecule has 0 N–H and O–H groups in total. The van der Waals surface area contributed by atoms with Crippen molar-refractivity contribution in [3.8, 4) is 5.75 Å². The predicted octanol–water partition coefficient (Wildman–Crippen LogP) is 3.14. The Labute approximate surface area is 124 Å². The first kappa shape index (κ1) is 13.7. The molecule has 7 heteroatoms. The Kier molecular flexibility index (Phi) is 3.92. The fourth-order valence-corrected chi connectivity index (χ4v) is 2.38. The summed E-state index contributed by atoms with van der Waals surface area (Å²) in [5.74, 6) is 0.982. The normalized spacial score (nSPS) is 10.8. The van der Waals surface area contributed by atoms with E-state index in [4.69, 9.17) is 9.26 Å². The molecule has 0 saturated carbocycles. The van der Waals surface area contributed by atoms with Gasteiger partial charge in [0.05, 0.1) is 17.1 Å². The zero-order valence-electron chi connectivity index (χ0n) is 11.2. The Balaban J connectivity index is 1.60. The topological polar surface area (TPSA) is 61.0 Å². The first-order chi connectivity index (χ1) is 10.2. The third kappa shape index (κ3) is 3.63. The number of thiazole rings is 1. The van der Waals surface area contributed by atoms with E-state index in [0.717, 1.165) is 10.7 Å². The summed E-state index contributed by atoms with van der Waals surface area (Å²) in [4.78, 5) is 8.56. The first-order valence-electron chi connectivity index (χ1n) is 6.30. The van der Waals surface area contributed by atoms with Gasteiger partial charge in [0.1, 0.15) is 11.6 Å². The van der Waals surface area contributed by atoms with Crippen molar-refractivity contribution < 1.29 is 13.7 Å². The molecule has 0 fully saturated rings. The molecule has 21 heavy (non-hydrogen) atoms. The summed E-state index contributed by atoms with van der Waals surface area (Å²) in [5, 5.41) is 6.79. The van der Waals surface area contributed by atoms with E-state index in [1.807, 2.05) is 12.3 Å². The first-order valence-corrected chi connectivity index (χ1v) is 7.18. The van der Waals surface area contributed by atoms with Crippen LogP contribution < -0.4 is 4.74 Å². The number of rotatable bonds is 5. The van der Waals surface area contributed by atoms with Crippen LogP contribution in [0, 0.1) is 12.7 Å². The molecule has 3 aromatic rings. The molecule has 0 saturated heterocycles. The quantitative estimate of drug-likeness (QED) is 0.724. The number of ether oxygens (including phenoxy) is 1. The van der Waals surface area contributed by atoms with Crippen molar-refractivity contribution in [1.82, 2.24) is 15.1 Å². The minimum absolute atomic E-state index is 0.128. The lowest BCUT2D eigenvalue weighted by molar-refractivity contribution is 0.284. The Morgan fingerprint density at radius 1 is 1.33 bits per heavy atom. The van der Waals surface area contributed by atoms with E-state index >= 15 is 0 Å². The van der Waals surface area contributed by atoms with Gasteiger partial charge < -0.3 is 9.26 Å². The molecule has 108 valence electrons. The lowest BCUT2D eigenvalue weighted by Gasteiger charge is -2.02. The zero-order valence-corrected chi connectivity index (χ0v) is 12.1. The highest BCUT2D eigenvalue weighted by Gasteiger charge is 2.10. The third-order valence-corrected chi connectivity index (χ3v) is 3.50. The SMILES string of the molecule is Cc1nc(Cc2nc(COc3cccc(F)c3)no2)cs1. The van der Waals surface area contributed by atoms with Crippen molar-refractivity contribution in [2.75, 3.05) is 0 Å². The van der Waals surface area contributed by atoms with Crippen LogP contribution in [0.3, 0.4) is 0 Å². The Bertz CT molecular complexity index is 741. The van der Waals surface area contributed by atoms with Gasteiger partial charge >= 0.3 is 0 Å². The summed E-state index contributed by atoms with van der Waals surface area (Å²) < 4.78 is 23.5. The molecule has 5 nitrogen and oxygen atoms in total. The molecule has 3 rings (SSSR count). The Morgan fingerprint density at radius 2 is 2.24 bits per heavy atom. The molecule has 0 bridgehead atoms. The largest absolute Gasteiger partial charge is 0.485 e. The van der Waals surface area contributed by atoms with Crippen LogP contribution in [0.1, 0.15) is 22.4 Å². The fraction of sp³-hybridized carbons (Fsp3) is 0.214. The van der Waals surface area contributed by atoms with Crippen LogP contribution in [-0.2, 0) is 13.0 Å². The summed E-state index contributed by atoms with van der Waals surface area (Å²) in [5.41, 5.74) is 0.902. The van der Waals surface area contributed by atoms with Gasteiger partial charge in [-0.1, -0.05) is 11.2 Å². The highest BCUT2D eigenvalue weighted by atomic mass is 32.1. The van der Waals surface area contributed by atoms with Gasteiger partial charge in [0.2, 0.25) is 11.7 Å². The van der Waals surface area contributed by atoms with E-state index in [-0.39, 0.29) is 12.4 Å². The fourth-order valence-electron chi connectivity index (χ4n) is 1.77. The van der Waals surface area contributed by atoms with Crippen LogP contribution in [0.2, 0.25) is 0 Å². The molecule has 0 spiro atoms. The van der Waals surface area contributed by atoms with Gasteiger partial charge in [0.15, 0.2) is 6.61 Å². The van der Waals surface area contributed by atoms with E-state index < -0.39 is 0 Å². The van der Waals surface area contributed by atoms with Crippen LogP contribution in [0.15, 0.2) is 34.2 Å². The minimum Gasteiger partial charge on any atom is -0.485 e. The minimum atomic E-state index is -0.347. The second-order valence-electron chi connectivity index (χ2n) is 4.39. The van der Waals surface area contributed by atoms with Crippen molar-refractivity contribution in [3.05, 3.63) is 57.9 Å². The van der Waals surface area contributed by atoms with Crippen LogP contribution in [-0.4, -0.2) is 15.1 Å². The monoisotopic (exact) mass is 305 g/mol. The van der Waals surface area contributed by atoms with E-state index in [2.05, 4.69) is 15.1 Å². The highest BCUT2D eigenvalue weighted by molar-refractivity contribution is 7.09. The highest BCUT2D eigenvalue weighted by Crippen LogP contribution is 2.15. The van der Waals surface area contributed by atoms with Gasteiger partial charge in [-0.05, 0) is 19.1 Å². The van der Waals surface area contributed by atoms with Crippen molar-refractivity contribution >= 4 is 11.3 Å².